The van der Waals surface area contributed by atoms with E-state index in [1.54, 1.807) is 17.8 Å². The Labute approximate surface area is 225 Å². The summed E-state index contributed by atoms with van der Waals surface area (Å²) in [5.74, 6) is 1.38. The number of thioether (sulfide) groups is 1. The highest BCUT2D eigenvalue weighted by atomic mass is 35.5. The molecule has 0 saturated carbocycles. The fourth-order valence-electron chi connectivity index (χ4n) is 4.43. The number of aromatic nitrogens is 1. The predicted molar refractivity (Wildman–Crippen MR) is 155 cm³/mol. The van der Waals surface area contributed by atoms with Crippen molar-refractivity contribution in [1.82, 2.24) is 4.98 Å². The van der Waals surface area contributed by atoms with Gasteiger partial charge in [0.05, 0.1) is 17.1 Å². The summed E-state index contributed by atoms with van der Waals surface area (Å²) < 4.78 is 6.48. The lowest BCUT2D eigenvalue weighted by Gasteiger charge is -2.20. The van der Waals surface area contributed by atoms with Crippen LogP contribution in [0.15, 0.2) is 99.2 Å². The van der Waals surface area contributed by atoms with Gasteiger partial charge in [-0.15, -0.1) is 0 Å². The summed E-state index contributed by atoms with van der Waals surface area (Å²) in [5, 5.41) is 5.46. The number of anilines is 1. The molecule has 0 spiro atoms. The van der Waals surface area contributed by atoms with E-state index in [0.29, 0.717) is 27.4 Å². The van der Waals surface area contributed by atoms with Crippen LogP contribution in [0.25, 0.3) is 22.3 Å². The molecule has 3 aromatic carbocycles. The highest BCUT2D eigenvalue weighted by Gasteiger charge is 2.20. The van der Waals surface area contributed by atoms with E-state index in [2.05, 4.69) is 35.4 Å². The van der Waals surface area contributed by atoms with Crippen LogP contribution in [0.3, 0.4) is 0 Å². The van der Waals surface area contributed by atoms with E-state index in [9.17, 15) is 4.79 Å². The first-order chi connectivity index (χ1) is 17.9. The molecule has 2 heterocycles. The predicted octanol–water partition coefficient (Wildman–Crippen LogP) is 8.59. The van der Waals surface area contributed by atoms with Gasteiger partial charge >= 0.3 is 0 Å². The fraction of sp³-hybridized carbons (Fsp3) is 0.161. The highest BCUT2D eigenvalue weighted by Crippen LogP contribution is 2.35. The summed E-state index contributed by atoms with van der Waals surface area (Å²) in [6.45, 7) is 5.89. The number of halogens is 1. The van der Waals surface area contributed by atoms with Gasteiger partial charge in [0, 0.05) is 22.4 Å². The summed E-state index contributed by atoms with van der Waals surface area (Å²) in [6, 6.07) is 27.6. The molecule has 5 rings (SSSR count). The molecule has 0 unspecified atom stereocenters. The Morgan fingerprint density at radius 2 is 1.68 bits per heavy atom. The van der Waals surface area contributed by atoms with Gasteiger partial charge in [0.1, 0.15) is 21.5 Å². The number of fused-ring (bicyclic) bond motifs is 1. The molecule has 0 aliphatic rings. The second kappa shape index (κ2) is 10.8. The Morgan fingerprint density at radius 3 is 2.41 bits per heavy atom. The molecule has 1 atom stereocenters. The third-order valence-corrected chi connectivity index (χ3v) is 7.58. The second-order valence-corrected chi connectivity index (χ2v) is 10.5. The minimum Gasteiger partial charge on any atom is -0.455 e. The monoisotopic (exact) mass is 526 g/mol. The largest absolute Gasteiger partial charge is 0.455 e. The minimum atomic E-state index is -0.157. The topological polar surface area (TPSA) is 55.1 Å². The third-order valence-electron chi connectivity index (χ3n) is 6.31. The summed E-state index contributed by atoms with van der Waals surface area (Å²) in [5.41, 5.74) is 6.09. The van der Waals surface area contributed by atoms with Crippen LogP contribution < -0.4 is 10.7 Å². The van der Waals surface area contributed by atoms with Crippen LogP contribution in [-0.4, -0.2) is 4.98 Å². The van der Waals surface area contributed by atoms with Gasteiger partial charge in [0.15, 0.2) is 5.43 Å². The number of rotatable bonds is 7. The normalized spacial score (nSPS) is 12.0. The zero-order valence-corrected chi connectivity index (χ0v) is 22.5. The van der Waals surface area contributed by atoms with Gasteiger partial charge in [-0.2, -0.15) is 0 Å². The molecule has 0 amide bonds. The average Bonchev–Trinajstić information content (AvgIpc) is 2.91. The van der Waals surface area contributed by atoms with Crippen LogP contribution in [0.2, 0.25) is 5.15 Å². The van der Waals surface area contributed by atoms with Gasteiger partial charge < -0.3 is 9.73 Å². The van der Waals surface area contributed by atoms with Gasteiger partial charge in [-0.3, -0.25) is 4.79 Å². The van der Waals surface area contributed by atoms with E-state index >= 15 is 0 Å². The molecule has 2 aromatic heterocycles. The SMILES string of the molecule is Cc1cc([C@@H](C)Nc2ccc(Cl)nc2SCc2ccccc2)c2oc(-c3ccccc3)c(C)c(=O)c2c1. The van der Waals surface area contributed by atoms with Gasteiger partial charge in [-0.05, 0) is 50.1 Å². The maximum absolute atomic E-state index is 13.4. The van der Waals surface area contributed by atoms with Gasteiger partial charge in [0.2, 0.25) is 0 Å². The summed E-state index contributed by atoms with van der Waals surface area (Å²) in [7, 11) is 0. The minimum absolute atomic E-state index is 0.00971. The lowest BCUT2D eigenvalue weighted by atomic mass is 9.99. The number of pyridine rings is 1. The van der Waals surface area contributed by atoms with Crippen LogP contribution in [0.1, 0.15) is 35.2 Å². The Balaban J connectivity index is 1.53. The summed E-state index contributed by atoms with van der Waals surface area (Å²) in [6.07, 6.45) is 0. The molecule has 0 radical (unpaired) electrons. The molecule has 0 bridgehead atoms. The Bertz CT molecular complexity index is 1620. The zero-order chi connectivity index (χ0) is 25.9. The van der Waals surface area contributed by atoms with E-state index < -0.39 is 0 Å². The molecule has 6 heteroatoms. The van der Waals surface area contributed by atoms with Crippen molar-refractivity contribution in [3.63, 3.8) is 0 Å². The van der Waals surface area contributed by atoms with Crippen molar-refractivity contribution in [2.45, 2.75) is 37.6 Å². The molecular formula is C31H27ClN2O2S. The summed E-state index contributed by atoms with van der Waals surface area (Å²) >= 11 is 7.89. The lowest BCUT2D eigenvalue weighted by Crippen LogP contribution is -2.13. The van der Waals surface area contributed by atoms with Crippen LogP contribution in [-0.2, 0) is 5.75 Å². The molecule has 0 saturated heterocycles. The average molecular weight is 527 g/mol. The van der Waals surface area contributed by atoms with Crippen molar-refractivity contribution in [2.75, 3.05) is 5.32 Å². The fourth-order valence-corrected chi connectivity index (χ4v) is 5.57. The van der Waals surface area contributed by atoms with Gasteiger partial charge in [-0.25, -0.2) is 4.98 Å². The smallest absolute Gasteiger partial charge is 0.196 e. The van der Waals surface area contributed by atoms with Crippen molar-refractivity contribution in [3.8, 4) is 11.3 Å². The Hall–Kier alpha value is -3.54. The molecule has 37 heavy (non-hydrogen) atoms. The van der Waals surface area contributed by atoms with Crippen molar-refractivity contribution >= 4 is 40.0 Å². The second-order valence-electron chi connectivity index (χ2n) is 9.11. The van der Waals surface area contributed by atoms with Crippen LogP contribution in [0.5, 0.6) is 0 Å². The Kier molecular flexibility index (Phi) is 7.36. The number of nitrogens with one attached hydrogen (secondary N) is 1. The Morgan fingerprint density at radius 1 is 0.973 bits per heavy atom. The number of aryl methyl sites for hydroxylation is 1. The molecule has 0 aliphatic carbocycles. The first-order valence-corrected chi connectivity index (χ1v) is 13.5. The standard InChI is InChI=1S/C31H27ClN2O2S/c1-19-16-24(30-25(17-19)28(35)20(2)29(36-30)23-12-8-5-9-13-23)21(3)33-26-14-15-27(32)34-31(26)37-18-22-10-6-4-7-11-22/h4-17,21,33H,18H2,1-3H3/t21-/m1/s1. The maximum atomic E-state index is 13.4. The van der Waals surface area contributed by atoms with E-state index in [4.69, 9.17) is 16.0 Å². The highest BCUT2D eigenvalue weighted by molar-refractivity contribution is 7.98. The number of hydrogen-bond donors (Lipinski definition) is 1. The molecule has 1 N–H and O–H groups in total. The van der Waals surface area contributed by atoms with E-state index in [1.807, 2.05) is 74.5 Å². The first-order valence-electron chi connectivity index (χ1n) is 12.1. The lowest BCUT2D eigenvalue weighted by molar-refractivity contribution is 0.605. The number of nitrogens with zero attached hydrogens (tertiary/aromatic N) is 1. The molecule has 5 aromatic rings. The van der Waals surface area contributed by atoms with Crippen LogP contribution >= 0.6 is 23.4 Å². The molecule has 4 nitrogen and oxygen atoms in total. The number of hydrogen-bond acceptors (Lipinski definition) is 5. The van der Waals surface area contributed by atoms with Crippen LogP contribution in [0.4, 0.5) is 5.69 Å². The van der Waals surface area contributed by atoms with Crippen molar-refractivity contribution in [2.24, 2.45) is 0 Å². The maximum Gasteiger partial charge on any atom is 0.196 e. The first kappa shape index (κ1) is 25.1. The molecular weight excluding hydrogens is 500 g/mol. The molecule has 186 valence electrons. The van der Waals surface area contributed by atoms with Crippen molar-refractivity contribution < 1.29 is 4.42 Å². The quantitative estimate of drug-likeness (QED) is 0.170. The molecule has 0 fully saturated rings. The zero-order valence-electron chi connectivity index (χ0n) is 20.9. The van der Waals surface area contributed by atoms with Crippen molar-refractivity contribution in [3.05, 3.63) is 123 Å². The third kappa shape index (κ3) is 5.43. The summed E-state index contributed by atoms with van der Waals surface area (Å²) in [4.78, 5) is 18.0. The van der Waals surface area contributed by atoms with Gasteiger partial charge in [-0.1, -0.05) is 90.1 Å². The van der Waals surface area contributed by atoms with E-state index in [-0.39, 0.29) is 11.5 Å². The van der Waals surface area contributed by atoms with E-state index in [1.165, 1.54) is 5.56 Å². The van der Waals surface area contributed by atoms with Crippen LogP contribution in [0, 0.1) is 13.8 Å². The number of benzene rings is 3. The van der Waals surface area contributed by atoms with Crippen molar-refractivity contribution in [1.29, 1.82) is 0 Å². The van der Waals surface area contributed by atoms with E-state index in [0.717, 1.165) is 33.2 Å². The molecule has 0 aliphatic heterocycles. The van der Waals surface area contributed by atoms with Gasteiger partial charge in [0.25, 0.3) is 0 Å².